The minimum Gasteiger partial charge on any atom is -0.395 e. The van der Waals surface area contributed by atoms with Crippen LogP contribution in [-0.4, -0.2) is 34.3 Å². The topological polar surface area (TPSA) is 86.8 Å². The first kappa shape index (κ1) is 14.4. The van der Waals surface area contributed by atoms with E-state index >= 15 is 0 Å². The molecule has 6 nitrogen and oxygen atoms in total. The van der Waals surface area contributed by atoms with Crippen molar-refractivity contribution in [2.24, 2.45) is 0 Å². The summed E-state index contributed by atoms with van der Waals surface area (Å²) in [6.45, 7) is 4.05. The maximum absolute atomic E-state index is 10.7. The van der Waals surface area contributed by atoms with Crippen LogP contribution in [0.5, 0.6) is 0 Å². The van der Waals surface area contributed by atoms with E-state index in [0.717, 1.165) is 0 Å². The predicted octanol–water partition coefficient (Wildman–Crippen LogP) is 1.29. The van der Waals surface area contributed by atoms with E-state index in [1.54, 1.807) is 6.07 Å². The van der Waals surface area contributed by atoms with Crippen molar-refractivity contribution in [3.63, 3.8) is 0 Å². The maximum atomic E-state index is 10.7. The smallest absolute Gasteiger partial charge is 0.269 e. The lowest BCUT2D eigenvalue weighted by Crippen LogP contribution is -2.34. The first-order valence-corrected chi connectivity index (χ1v) is 5.77. The molecule has 0 heterocycles. The molecule has 0 aromatic heterocycles. The number of hydrogen-bond donors (Lipinski definition) is 2. The van der Waals surface area contributed by atoms with Crippen molar-refractivity contribution in [3.05, 3.63) is 33.9 Å². The van der Waals surface area contributed by atoms with Crippen LogP contribution in [0.1, 0.15) is 19.4 Å². The van der Waals surface area contributed by atoms with E-state index < -0.39 is 4.92 Å². The zero-order valence-corrected chi connectivity index (χ0v) is 10.5. The van der Waals surface area contributed by atoms with Crippen LogP contribution in [0.15, 0.2) is 18.2 Å². The molecule has 0 unspecified atom stereocenters. The first-order chi connectivity index (χ1) is 8.51. The molecule has 0 amide bonds. The summed E-state index contributed by atoms with van der Waals surface area (Å²) in [5.41, 5.74) is 1.16. The fourth-order valence-corrected chi connectivity index (χ4v) is 1.86. The third kappa shape index (κ3) is 3.18. The molecular weight excluding hydrogens is 236 g/mol. The van der Waals surface area contributed by atoms with Crippen LogP contribution in [-0.2, 0) is 6.61 Å². The van der Waals surface area contributed by atoms with Gasteiger partial charge in [-0.05, 0) is 19.9 Å². The van der Waals surface area contributed by atoms with Gasteiger partial charge in [-0.15, -0.1) is 0 Å². The van der Waals surface area contributed by atoms with Gasteiger partial charge in [0.1, 0.15) is 0 Å². The molecule has 1 rings (SSSR count). The number of nitro benzene ring substituents is 1. The molecule has 1 aromatic rings. The van der Waals surface area contributed by atoms with Crippen molar-refractivity contribution < 1.29 is 15.1 Å². The van der Waals surface area contributed by atoms with Crippen LogP contribution in [0, 0.1) is 10.1 Å². The third-order valence-corrected chi connectivity index (χ3v) is 2.72. The average molecular weight is 254 g/mol. The Morgan fingerprint density at radius 1 is 1.39 bits per heavy atom. The van der Waals surface area contributed by atoms with Gasteiger partial charge in [0, 0.05) is 36.0 Å². The van der Waals surface area contributed by atoms with Crippen LogP contribution in [0.4, 0.5) is 11.4 Å². The number of benzene rings is 1. The number of rotatable bonds is 6. The molecule has 0 saturated carbocycles. The van der Waals surface area contributed by atoms with Crippen molar-refractivity contribution in [1.29, 1.82) is 0 Å². The third-order valence-electron chi connectivity index (χ3n) is 2.72. The Bertz CT molecular complexity index is 421. The summed E-state index contributed by atoms with van der Waals surface area (Å²) in [6, 6.07) is 4.51. The summed E-state index contributed by atoms with van der Waals surface area (Å²) in [5.74, 6) is 0. The normalized spacial score (nSPS) is 10.7. The van der Waals surface area contributed by atoms with E-state index in [1.807, 2.05) is 18.7 Å². The summed E-state index contributed by atoms with van der Waals surface area (Å²) >= 11 is 0. The SMILES string of the molecule is CC(C)N(CCO)c1ccc([N+](=O)[O-])cc1CO. The van der Waals surface area contributed by atoms with Gasteiger partial charge in [-0.3, -0.25) is 10.1 Å². The molecule has 18 heavy (non-hydrogen) atoms. The summed E-state index contributed by atoms with van der Waals surface area (Å²) in [5, 5.41) is 29.0. The Labute approximate surface area is 106 Å². The maximum Gasteiger partial charge on any atom is 0.269 e. The fraction of sp³-hybridized carbons (Fsp3) is 0.500. The summed E-state index contributed by atoms with van der Waals surface area (Å²) < 4.78 is 0. The second-order valence-electron chi connectivity index (χ2n) is 4.24. The van der Waals surface area contributed by atoms with Crippen LogP contribution in [0.2, 0.25) is 0 Å². The minimum absolute atomic E-state index is 0.0139. The number of aliphatic hydroxyl groups excluding tert-OH is 2. The lowest BCUT2D eigenvalue weighted by Gasteiger charge is -2.29. The fourth-order valence-electron chi connectivity index (χ4n) is 1.86. The van der Waals surface area contributed by atoms with Gasteiger partial charge in [-0.1, -0.05) is 0 Å². The largest absolute Gasteiger partial charge is 0.395 e. The van der Waals surface area contributed by atoms with Crippen LogP contribution < -0.4 is 4.90 Å². The number of aliphatic hydroxyl groups is 2. The molecule has 1 aromatic carbocycles. The summed E-state index contributed by atoms with van der Waals surface area (Å²) in [4.78, 5) is 12.1. The standard InChI is InChI=1S/C12H18N2O4/c1-9(2)13(5-6-15)12-4-3-11(14(17)18)7-10(12)8-16/h3-4,7,9,15-16H,5-6,8H2,1-2H3. The predicted molar refractivity (Wildman–Crippen MR) is 68.6 cm³/mol. The van der Waals surface area contributed by atoms with Crippen LogP contribution >= 0.6 is 0 Å². The second-order valence-corrected chi connectivity index (χ2v) is 4.24. The lowest BCUT2D eigenvalue weighted by molar-refractivity contribution is -0.384. The quantitative estimate of drug-likeness (QED) is 0.590. The van der Waals surface area contributed by atoms with E-state index in [0.29, 0.717) is 17.8 Å². The van der Waals surface area contributed by atoms with Gasteiger partial charge in [-0.25, -0.2) is 0 Å². The Hall–Kier alpha value is -1.66. The first-order valence-electron chi connectivity index (χ1n) is 5.77. The zero-order valence-electron chi connectivity index (χ0n) is 10.5. The molecule has 0 aliphatic heterocycles. The molecule has 0 aliphatic rings. The van der Waals surface area contributed by atoms with E-state index in [9.17, 15) is 15.2 Å². The van der Waals surface area contributed by atoms with E-state index in [-0.39, 0.29) is 24.9 Å². The number of anilines is 1. The highest BCUT2D eigenvalue weighted by atomic mass is 16.6. The lowest BCUT2D eigenvalue weighted by atomic mass is 10.1. The molecule has 0 radical (unpaired) electrons. The molecule has 0 atom stereocenters. The summed E-state index contributed by atoms with van der Waals surface area (Å²) in [7, 11) is 0. The van der Waals surface area contributed by atoms with Gasteiger partial charge in [-0.2, -0.15) is 0 Å². The number of non-ortho nitro benzene ring substituents is 1. The molecule has 2 N–H and O–H groups in total. The van der Waals surface area contributed by atoms with Crippen molar-refractivity contribution in [2.75, 3.05) is 18.1 Å². The Morgan fingerprint density at radius 3 is 2.50 bits per heavy atom. The molecule has 0 bridgehead atoms. The highest BCUT2D eigenvalue weighted by Gasteiger charge is 2.16. The minimum atomic E-state index is -0.491. The van der Waals surface area contributed by atoms with E-state index in [4.69, 9.17) is 5.11 Å². The molecule has 0 saturated heterocycles. The zero-order chi connectivity index (χ0) is 13.7. The second kappa shape index (κ2) is 6.32. The Morgan fingerprint density at radius 2 is 2.06 bits per heavy atom. The Balaban J connectivity index is 3.17. The van der Waals surface area contributed by atoms with Crippen molar-refractivity contribution in [1.82, 2.24) is 0 Å². The number of nitrogens with zero attached hydrogens (tertiary/aromatic N) is 2. The van der Waals surface area contributed by atoms with Crippen molar-refractivity contribution in [3.8, 4) is 0 Å². The van der Waals surface area contributed by atoms with Crippen LogP contribution in [0.25, 0.3) is 0 Å². The van der Waals surface area contributed by atoms with Gasteiger partial charge in [0.25, 0.3) is 5.69 Å². The van der Waals surface area contributed by atoms with Gasteiger partial charge in [0.15, 0.2) is 0 Å². The van der Waals surface area contributed by atoms with Gasteiger partial charge < -0.3 is 15.1 Å². The molecule has 0 aliphatic carbocycles. The molecule has 6 heteroatoms. The van der Waals surface area contributed by atoms with Crippen molar-refractivity contribution in [2.45, 2.75) is 26.5 Å². The highest BCUT2D eigenvalue weighted by molar-refractivity contribution is 5.58. The highest BCUT2D eigenvalue weighted by Crippen LogP contribution is 2.26. The monoisotopic (exact) mass is 254 g/mol. The number of nitro groups is 1. The van der Waals surface area contributed by atoms with Crippen LogP contribution in [0.3, 0.4) is 0 Å². The molecule has 100 valence electrons. The van der Waals surface area contributed by atoms with E-state index in [2.05, 4.69) is 0 Å². The molecular formula is C12H18N2O4. The average Bonchev–Trinajstić information content (AvgIpc) is 2.34. The van der Waals surface area contributed by atoms with Gasteiger partial charge >= 0.3 is 0 Å². The van der Waals surface area contributed by atoms with Gasteiger partial charge in [0.05, 0.1) is 18.1 Å². The number of hydrogen-bond acceptors (Lipinski definition) is 5. The Kier molecular flexibility index (Phi) is 5.06. The van der Waals surface area contributed by atoms with Crippen molar-refractivity contribution >= 4 is 11.4 Å². The molecule has 0 fully saturated rings. The summed E-state index contributed by atoms with van der Waals surface area (Å²) in [6.07, 6.45) is 0. The van der Waals surface area contributed by atoms with Gasteiger partial charge in [0.2, 0.25) is 0 Å². The van der Waals surface area contributed by atoms with E-state index in [1.165, 1.54) is 12.1 Å². The molecule has 0 spiro atoms.